The van der Waals surface area contributed by atoms with E-state index in [4.69, 9.17) is 4.74 Å². The maximum atomic E-state index is 11.5. The Bertz CT molecular complexity index is 629. The Morgan fingerprint density at radius 3 is 2.36 bits per heavy atom. The van der Waals surface area contributed by atoms with Gasteiger partial charge in [0, 0.05) is 30.9 Å². The zero-order valence-corrected chi connectivity index (χ0v) is 11.7. The quantitative estimate of drug-likeness (QED) is 0.486. The van der Waals surface area contributed by atoms with Gasteiger partial charge in [-0.15, -0.1) is 0 Å². The number of hydrogen-bond donors (Lipinski definition) is 2. The van der Waals surface area contributed by atoms with Crippen molar-refractivity contribution in [3.63, 3.8) is 0 Å². The predicted molar refractivity (Wildman–Crippen MR) is 82.1 cm³/mol. The predicted octanol–water partition coefficient (Wildman–Crippen LogP) is 2.80. The number of carbonyl (C=O) groups is 1. The number of non-ortho nitro benzene ring substituents is 1. The van der Waals surface area contributed by atoms with E-state index in [0.29, 0.717) is 13.1 Å². The average Bonchev–Trinajstić information content (AvgIpc) is 2.53. The number of anilines is 1. The minimum Gasteiger partial charge on any atom is -0.410 e. The van der Waals surface area contributed by atoms with Crippen LogP contribution in [0.1, 0.15) is 0 Å². The molecule has 0 atom stereocenters. The lowest BCUT2D eigenvalue weighted by molar-refractivity contribution is -0.384. The Kier molecular flexibility index (Phi) is 5.31. The number of nitrogens with one attached hydrogen (secondary N) is 2. The van der Waals surface area contributed by atoms with Gasteiger partial charge in [0.1, 0.15) is 5.75 Å². The second-order valence-corrected chi connectivity index (χ2v) is 4.36. The zero-order chi connectivity index (χ0) is 15.8. The fraction of sp³-hybridized carbons (Fsp3) is 0.133. The molecule has 2 aromatic rings. The van der Waals surface area contributed by atoms with Crippen LogP contribution in [0.2, 0.25) is 0 Å². The van der Waals surface area contributed by atoms with Gasteiger partial charge in [0.15, 0.2) is 0 Å². The Balaban J connectivity index is 1.70. The summed E-state index contributed by atoms with van der Waals surface area (Å²) in [5.74, 6) is 0.249. The molecule has 22 heavy (non-hydrogen) atoms. The molecule has 0 bridgehead atoms. The maximum absolute atomic E-state index is 11.5. The van der Waals surface area contributed by atoms with Crippen molar-refractivity contribution in [3.8, 4) is 5.75 Å². The SMILES string of the molecule is O=C(NCCNc1ccccc1)Oc1ccc([N+](=O)[O-])cc1. The summed E-state index contributed by atoms with van der Waals surface area (Å²) >= 11 is 0. The van der Waals surface area contributed by atoms with Crippen LogP contribution in [-0.4, -0.2) is 24.1 Å². The Morgan fingerprint density at radius 1 is 1.05 bits per heavy atom. The Hall–Kier alpha value is -3.09. The highest BCUT2D eigenvalue weighted by Crippen LogP contribution is 2.17. The van der Waals surface area contributed by atoms with Crippen LogP contribution >= 0.6 is 0 Å². The van der Waals surface area contributed by atoms with Gasteiger partial charge in [-0.2, -0.15) is 0 Å². The number of nitrogens with zero attached hydrogens (tertiary/aromatic N) is 1. The number of para-hydroxylation sites is 1. The standard InChI is InChI=1S/C15H15N3O4/c19-15(17-11-10-16-12-4-2-1-3-5-12)22-14-8-6-13(7-9-14)18(20)21/h1-9,16H,10-11H2,(H,17,19). The molecule has 0 unspecified atom stereocenters. The number of ether oxygens (including phenoxy) is 1. The second kappa shape index (κ2) is 7.63. The molecule has 0 aliphatic carbocycles. The molecular formula is C15H15N3O4. The van der Waals surface area contributed by atoms with Crippen LogP contribution in [0.25, 0.3) is 0 Å². The van der Waals surface area contributed by atoms with Gasteiger partial charge in [-0.1, -0.05) is 18.2 Å². The van der Waals surface area contributed by atoms with E-state index in [2.05, 4.69) is 10.6 Å². The van der Waals surface area contributed by atoms with Crippen molar-refractivity contribution in [1.82, 2.24) is 5.32 Å². The first-order valence-corrected chi connectivity index (χ1v) is 6.64. The van der Waals surface area contributed by atoms with Crippen molar-refractivity contribution in [2.24, 2.45) is 0 Å². The van der Waals surface area contributed by atoms with Gasteiger partial charge >= 0.3 is 6.09 Å². The molecule has 7 heteroatoms. The van der Waals surface area contributed by atoms with Gasteiger partial charge in [-0.25, -0.2) is 4.79 Å². The van der Waals surface area contributed by atoms with E-state index in [-0.39, 0.29) is 11.4 Å². The van der Waals surface area contributed by atoms with E-state index in [1.54, 1.807) is 0 Å². The summed E-state index contributed by atoms with van der Waals surface area (Å²) < 4.78 is 5.00. The van der Waals surface area contributed by atoms with Crippen LogP contribution in [0.5, 0.6) is 5.75 Å². The van der Waals surface area contributed by atoms with Crippen molar-refractivity contribution in [2.75, 3.05) is 18.4 Å². The van der Waals surface area contributed by atoms with Gasteiger partial charge in [0.2, 0.25) is 0 Å². The number of nitro benzene ring substituents is 1. The number of rotatable bonds is 6. The Morgan fingerprint density at radius 2 is 1.73 bits per heavy atom. The van der Waals surface area contributed by atoms with Crippen LogP contribution in [0, 0.1) is 10.1 Å². The van der Waals surface area contributed by atoms with Crippen LogP contribution in [0.3, 0.4) is 0 Å². The fourth-order valence-corrected chi connectivity index (χ4v) is 1.71. The number of nitro groups is 1. The summed E-state index contributed by atoms with van der Waals surface area (Å²) in [7, 11) is 0. The monoisotopic (exact) mass is 301 g/mol. The van der Waals surface area contributed by atoms with Crippen molar-refractivity contribution in [2.45, 2.75) is 0 Å². The molecule has 0 fully saturated rings. The van der Waals surface area contributed by atoms with E-state index < -0.39 is 11.0 Å². The lowest BCUT2D eigenvalue weighted by atomic mass is 10.3. The third-order valence-corrected chi connectivity index (χ3v) is 2.76. The number of carbonyl (C=O) groups excluding carboxylic acids is 1. The van der Waals surface area contributed by atoms with Crippen molar-refractivity contribution in [1.29, 1.82) is 0 Å². The molecule has 0 aliphatic rings. The fourth-order valence-electron chi connectivity index (χ4n) is 1.71. The van der Waals surface area contributed by atoms with Crippen molar-refractivity contribution in [3.05, 3.63) is 64.7 Å². The summed E-state index contributed by atoms with van der Waals surface area (Å²) in [5, 5.41) is 16.2. The maximum Gasteiger partial charge on any atom is 0.412 e. The number of hydrogen-bond acceptors (Lipinski definition) is 5. The van der Waals surface area contributed by atoms with E-state index in [1.807, 2.05) is 30.3 Å². The molecule has 0 heterocycles. The molecule has 0 radical (unpaired) electrons. The highest BCUT2D eigenvalue weighted by molar-refractivity contribution is 5.70. The van der Waals surface area contributed by atoms with Crippen molar-refractivity contribution < 1.29 is 14.5 Å². The molecule has 114 valence electrons. The Labute approximate surface area is 127 Å². The average molecular weight is 301 g/mol. The lowest BCUT2D eigenvalue weighted by Crippen LogP contribution is -2.31. The van der Waals surface area contributed by atoms with Gasteiger partial charge < -0.3 is 15.4 Å². The van der Waals surface area contributed by atoms with Crippen LogP contribution in [0.4, 0.5) is 16.2 Å². The highest BCUT2D eigenvalue weighted by atomic mass is 16.6. The van der Waals surface area contributed by atoms with E-state index >= 15 is 0 Å². The summed E-state index contributed by atoms with van der Waals surface area (Å²) in [6, 6.07) is 14.9. The first kappa shape index (κ1) is 15.3. The van der Waals surface area contributed by atoms with Crippen LogP contribution in [0.15, 0.2) is 54.6 Å². The third-order valence-electron chi connectivity index (χ3n) is 2.76. The van der Waals surface area contributed by atoms with Gasteiger partial charge in [0.25, 0.3) is 5.69 Å². The zero-order valence-electron chi connectivity index (χ0n) is 11.7. The van der Waals surface area contributed by atoms with Crippen LogP contribution in [-0.2, 0) is 0 Å². The molecule has 2 rings (SSSR count). The molecule has 1 amide bonds. The normalized spacial score (nSPS) is 9.82. The first-order valence-electron chi connectivity index (χ1n) is 6.64. The van der Waals surface area contributed by atoms with Gasteiger partial charge in [0.05, 0.1) is 4.92 Å². The topological polar surface area (TPSA) is 93.5 Å². The van der Waals surface area contributed by atoms with Gasteiger partial charge in [-0.3, -0.25) is 10.1 Å². The van der Waals surface area contributed by atoms with Crippen molar-refractivity contribution >= 4 is 17.5 Å². The summed E-state index contributed by atoms with van der Waals surface area (Å²) in [6.45, 7) is 0.945. The number of benzene rings is 2. The number of amides is 1. The molecule has 0 saturated heterocycles. The van der Waals surface area contributed by atoms with E-state index in [9.17, 15) is 14.9 Å². The first-order chi connectivity index (χ1) is 10.6. The summed E-state index contributed by atoms with van der Waals surface area (Å²) in [6.07, 6.45) is -0.608. The molecular weight excluding hydrogens is 286 g/mol. The minimum atomic E-state index is -0.608. The molecule has 7 nitrogen and oxygen atoms in total. The largest absolute Gasteiger partial charge is 0.412 e. The molecule has 0 aromatic heterocycles. The third kappa shape index (κ3) is 4.78. The highest BCUT2D eigenvalue weighted by Gasteiger charge is 2.07. The summed E-state index contributed by atoms with van der Waals surface area (Å²) in [4.78, 5) is 21.5. The second-order valence-electron chi connectivity index (χ2n) is 4.36. The van der Waals surface area contributed by atoms with E-state index in [0.717, 1.165) is 5.69 Å². The molecule has 0 spiro atoms. The minimum absolute atomic E-state index is 0.0557. The lowest BCUT2D eigenvalue weighted by Gasteiger charge is -2.08. The molecule has 0 aliphatic heterocycles. The molecule has 2 N–H and O–H groups in total. The van der Waals surface area contributed by atoms with Gasteiger partial charge in [-0.05, 0) is 24.3 Å². The summed E-state index contributed by atoms with van der Waals surface area (Å²) in [5.41, 5.74) is 0.910. The smallest absolute Gasteiger partial charge is 0.410 e. The van der Waals surface area contributed by atoms with Crippen LogP contribution < -0.4 is 15.4 Å². The molecule has 0 saturated carbocycles. The molecule has 2 aromatic carbocycles. The van der Waals surface area contributed by atoms with E-state index in [1.165, 1.54) is 24.3 Å².